The number of amides is 1. The van der Waals surface area contributed by atoms with E-state index in [1.54, 1.807) is 0 Å². The van der Waals surface area contributed by atoms with E-state index in [2.05, 4.69) is 5.32 Å². The Hall–Kier alpha value is -1.86. The number of nitriles is 1. The molecule has 4 nitrogen and oxygen atoms in total. The van der Waals surface area contributed by atoms with Crippen LogP contribution in [0.2, 0.25) is 0 Å². The second-order valence-corrected chi connectivity index (χ2v) is 3.44. The predicted octanol–water partition coefficient (Wildman–Crippen LogP) is 1.11. The minimum atomic E-state index is -0.636. The Morgan fingerprint density at radius 1 is 1.44 bits per heavy atom. The second-order valence-electron chi connectivity index (χ2n) is 3.44. The van der Waals surface area contributed by atoms with E-state index < -0.39 is 6.04 Å². The molecule has 0 aromatic heterocycles. The number of benzene rings is 1. The van der Waals surface area contributed by atoms with E-state index in [9.17, 15) is 4.79 Å². The van der Waals surface area contributed by atoms with Crippen LogP contribution in [0.3, 0.4) is 0 Å². The molecule has 0 aliphatic carbocycles. The van der Waals surface area contributed by atoms with Crippen molar-refractivity contribution in [3.8, 4) is 6.07 Å². The third kappa shape index (κ3) is 3.71. The summed E-state index contributed by atoms with van der Waals surface area (Å²) >= 11 is 0. The molecule has 1 rings (SSSR count). The van der Waals surface area contributed by atoms with Crippen molar-refractivity contribution in [2.45, 2.75) is 18.9 Å². The van der Waals surface area contributed by atoms with Gasteiger partial charge in [-0.05, 0) is 12.0 Å². The van der Waals surface area contributed by atoms with E-state index in [1.165, 1.54) is 0 Å². The Kier molecular flexibility index (Phi) is 5.03. The lowest BCUT2D eigenvalue weighted by molar-refractivity contribution is -0.122. The lowest BCUT2D eigenvalue weighted by Crippen LogP contribution is -2.34. The van der Waals surface area contributed by atoms with Crippen LogP contribution in [0.1, 0.15) is 24.4 Å². The maximum Gasteiger partial charge on any atom is 0.241 e. The third-order valence-electron chi connectivity index (χ3n) is 2.21. The molecule has 16 heavy (non-hydrogen) atoms. The first kappa shape index (κ1) is 12.2. The van der Waals surface area contributed by atoms with Gasteiger partial charge in [0.2, 0.25) is 5.91 Å². The molecular weight excluding hydrogens is 202 g/mol. The Labute approximate surface area is 95.1 Å². The first-order valence-electron chi connectivity index (χ1n) is 5.21. The minimum Gasteiger partial charge on any atom is -0.354 e. The molecule has 0 spiro atoms. The molecule has 84 valence electrons. The smallest absolute Gasteiger partial charge is 0.241 e. The zero-order chi connectivity index (χ0) is 11.8. The third-order valence-corrected chi connectivity index (χ3v) is 2.21. The number of rotatable bonds is 5. The standard InChI is InChI=1S/C12H15N3O/c13-8-4-5-9-15-12(16)11(14)10-6-2-1-3-7-10/h1-3,6-7,11H,4-5,9,14H2,(H,15,16)/t11-/m1/s1. The summed E-state index contributed by atoms with van der Waals surface area (Å²) in [5.41, 5.74) is 6.57. The molecule has 1 atom stereocenters. The van der Waals surface area contributed by atoms with Crippen LogP contribution in [0.5, 0.6) is 0 Å². The lowest BCUT2D eigenvalue weighted by atomic mass is 10.1. The van der Waals surface area contributed by atoms with Gasteiger partial charge in [-0.15, -0.1) is 0 Å². The highest BCUT2D eigenvalue weighted by Crippen LogP contribution is 2.08. The van der Waals surface area contributed by atoms with Crippen LogP contribution < -0.4 is 11.1 Å². The molecule has 0 radical (unpaired) electrons. The number of carbonyl (C=O) groups excluding carboxylic acids is 1. The molecular formula is C12H15N3O. The predicted molar refractivity (Wildman–Crippen MR) is 61.2 cm³/mol. The van der Waals surface area contributed by atoms with Crippen LogP contribution in [0.25, 0.3) is 0 Å². The van der Waals surface area contributed by atoms with Gasteiger partial charge in [-0.25, -0.2) is 0 Å². The Morgan fingerprint density at radius 3 is 2.75 bits per heavy atom. The SMILES string of the molecule is N#CCCCNC(=O)[C@H](N)c1ccccc1. The maximum atomic E-state index is 11.6. The minimum absolute atomic E-state index is 0.205. The summed E-state index contributed by atoms with van der Waals surface area (Å²) in [4.78, 5) is 11.6. The van der Waals surface area contributed by atoms with Gasteiger partial charge in [0.25, 0.3) is 0 Å². The molecule has 0 fully saturated rings. The van der Waals surface area contributed by atoms with Crippen LogP contribution in [0.4, 0.5) is 0 Å². The normalized spacial score (nSPS) is 11.5. The van der Waals surface area contributed by atoms with Gasteiger partial charge in [0.15, 0.2) is 0 Å². The van der Waals surface area contributed by atoms with Crippen LogP contribution >= 0.6 is 0 Å². The quantitative estimate of drug-likeness (QED) is 0.725. The van der Waals surface area contributed by atoms with Gasteiger partial charge in [0.05, 0.1) is 6.07 Å². The first-order valence-corrected chi connectivity index (χ1v) is 5.21. The molecule has 1 aromatic carbocycles. The van der Waals surface area contributed by atoms with E-state index in [0.717, 1.165) is 5.56 Å². The first-order chi connectivity index (χ1) is 7.75. The number of hydrogen-bond donors (Lipinski definition) is 2. The number of hydrogen-bond acceptors (Lipinski definition) is 3. The molecule has 0 saturated carbocycles. The van der Waals surface area contributed by atoms with Crippen molar-refractivity contribution < 1.29 is 4.79 Å². The highest BCUT2D eigenvalue weighted by atomic mass is 16.2. The highest BCUT2D eigenvalue weighted by Gasteiger charge is 2.14. The Bertz CT molecular complexity index is 370. The van der Waals surface area contributed by atoms with Crippen LogP contribution in [-0.2, 0) is 4.79 Å². The van der Waals surface area contributed by atoms with Crippen molar-refractivity contribution in [3.05, 3.63) is 35.9 Å². The highest BCUT2D eigenvalue weighted by molar-refractivity contribution is 5.82. The van der Waals surface area contributed by atoms with Crippen molar-refractivity contribution in [1.29, 1.82) is 5.26 Å². The van der Waals surface area contributed by atoms with Crippen molar-refractivity contribution >= 4 is 5.91 Å². The van der Waals surface area contributed by atoms with E-state index >= 15 is 0 Å². The summed E-state index contributed by atoms with van der Waals surface area (Å²) in [6.45, 7) is 0.493. The molecule has 1 amide bonds. The summed E-state index contributed by atoms with van der Waals surface area (Å²) < 4.78 is 0. The van der Waals surface area contributed by atoms with E-state index in [-0.39, 0.29) is 5.91 Å². The van der Waals surface area contributed by atoms with Gasteiger partial charge in [-0.2, -0.15) is 5.26 Å². The van der Waals surface area contributed by atoms with E-state index in [1.807, 2.05) is 36.4 Å². The molecule has 3 N–H and O–H groups in total. The molecule has 1 aromatic rings. The van der Waals surface area contributed by atoms with Gasteiger partial charge >= 0.3 is 0 Å². The van der Waals surface area contributed by atoms with Crippen LogP contribution in [0.15, 0.2) is 30.3 Å². The molecule has 0 aliphatic rings. The molecule has 0 bridgehead atoms. The molecule has 4 heteroatoms. The van der Waals surface area contributed by atoms with Gasteiger partial charge in [-0.3, -0.25) is 4.79 Å². The fraction of sp³-hybridized carbons (Fsp3) is 0.333. The second kappa shape index (κ2) is 6.59. The largest absolute Gasteiger partial charge is 0.354 e. The number of nitrogens with two attached hydrogens (primary N) is 1. The van der Waals surface area contributed by atoms with Gasteiger partial charge in [0, 0.05) is 13.0 Å². The number of carbonyl (C=O) groups is 1. The Balaban J connectivity index is 2.40. The van der Waals surface area contributed by atoms with Gasteiger partial charge in [-0.1, -0.05) is 30.3 Å². The van der Waals surface area contributed by atoms with Crippen LogP contribution in [0, 0.1) is 11.3 Å². The topological polar surface area (TPSA) is 78.9 Å². The molecule has 0 aliphatic heterocycles. The summed E-state index contributed by atoms with van der Waals surface area (Å²) in [6.07, 6.45) is 1.10. The van der Waals surface area contributed by atoms with E-state index in [0.29, 0.717) is 19.4 Å². The average Bonchev–Trinajstić information content (AvgIpc) is 2.34. The molecule has 0 heterocycles. The van der Waals surface area contributed by atoms with Crippen LogP contribution in [-0.4, -0.2) is 12.5 Å². The van der Waals surface area contributed by atoms with Gasteiger partial charge in [0.1, 0.15) is 6.04 Å². The Morgan fingerprint density at radius 2 is 2.12 bits per heavy atom. The van der Waals surface area contributed by atoms with E-state index in [4.69, 9.17) is 11.0 Å². The van der Waals surface area contributed by atoms with Crippen molar-refractivity contribution in [2.75, 3.05) is 6.54 Å². The van der Waals surface area contributed by atoms with Crippen molar-refractivity contribution in [2.24, 2.45) is 5.73 Å². The fourth-order valence-electron chi connectivity index (χ4n) is 1.30. The summed E-state index contributed by atoms with van der Waals surface area (Å²) in [6, 6.07) is 10.6. The van der Waals surface area contributed by atoms with Crippen molar-refractivity contribution in [3.63, 3.8) is 0 Å². The monoisotopic (exact) mass is 217 g/mol. The number of nitrogens with zero attached hydrogens (tertiary/aromatic N) is 1. The van der Waals surface area contributed by atoms with Gasteiger partial charge < -0.3 is 11.1 Å². The summed E-state index contributed by atoms with van der Waals surface area (Å²) in [7, 11) is 0. The lowest BCUT2D eigenvalue weighted by Gasteiger charge is -2.11. The number of nitrogens with one attached hydrogen (secondary N) is 1. The zero-order valence-corrected chi connectivity index (χ0v) is 9.02. The fourth-order valence-corrected chi connectivity index (χ4v) is 1.30. The summed E-state index contributed by atoms with van der Waals surface area (Å²) in [5.74, 6) is -0.205. The molecule has 0 unspecified atom stereocenters. The van der Waals surface area contributed by atoms with Crippen molar-refractivity contribution in [1.82, 2.24) is 5.32 Å². The molecule has 0 saturated heterocycles. The zero-order valence-electron chi connectivity index (χ0n) is 9.02. The number of unbranched alkanes of at least 4 members (excludes halogenated alkanes) is 1. The summed E-state index contributed by atoms with van der Waals surface area (Å²) in [5, 5.41) is 11.0. The average molecular weight is 217 g/mol. The maximum absolute atomic E-state index is 11.6.